The van der Waals surface area contributed by atoms with Crippen molar-refractivity contribution in [2.75, 3.05) is 0 Å². The minimum absolute atomic E-state index is 0.502. The number of nitrogens with zero attached hydrogens (tertiary/aromatic N) is 2. The molecule has 1 saturated carbocycles. The highest BCUT2D eigenvalue weighted by molar-refractivity contribution is 9.10. The average Bonchev–Trinajstić information content (AvgIpc) is 2.73. The Kier molecular flexibility index (Phi) is 2.67. The van der Waals surface area contributed by atoms with Crippen LogP contribution in [0, 0.1) is 0 Å². The molecule has 2 aromatic rings. The maximum Gasteiger partial charge on any atom is 0.200 e. The van der Waals surface area contributed by atoms with Crippen molar-refractivity contribution in [1.29, 1.82) is 0 Å². The predicted octanol–water partition coefficient (Wildman–Crippen LogP) is 4.03. The number of fused-ring (bicyclic) bond motifs is 1. The Bertz CT molecular complexity index is 503. The maximum absolute atomic E-state index is 5.77. The van der Waals surface area contributed by atoms with E-state index in [9.17, 15) is 0 Å². The lowest BCUT2D eigenvalue weighted by atomic mass is 9.89. The molecule has 0 unspecified atom stereocenters. The molecule has 0 bridgehead atoms. The fourth-order valence-electron chi connectivity index (χ4n) is 2.34. The van der Waals surface area contributed by atoms with Crippen LogP contribution in [0.4, 0.5) is 0 Å². The summed E-state index contributed by atoms with van der Waals surface area (Å²) in [5.41, 5.74) is 1.51. The van der Waals surface area contributed by atoms with Gasteiger partial charge >= 0.3 is 0 Å². The zero-order valence-corrected chi connectivity index (χ0v) is 10.5. The lowest BCUT2D eigenvalue weighted by Gasteiger charge is -2.17. The lowest BCUT2D eigenvalue weighted by molar-refractivity contribution is 0.373. The molecule has 84 valence electrons. The second-order valence-electron chi connectivity index (χ2n) is 4.34. The molecule has 2 heterocycles. The Labute approximate surface area is 102 Å². The topological polar surface area (TPSA) is 38.9 Å². The molecule has 0 aromatic carbocycles. The minimum atomic E-state index is 0.502. The first-order valence-corrected chi connectivity index (χ1v) is 6.55. The van der Waals surface area contributed by atoms with Gasteiger partial charge in [0.2, 0.25) is 0 Å². The van der Waals surface area contributed by atoms with E-state index in [0.717, 1.165) is 21.7 Å². The Morgan fingerprint density at radius 1 is 1.12 bits per heavy atom. The third-order valence-electron chi connectivity index (χ3n) is 3.19. The highest BCUT2D eigenvalue weighted by atomic mass is 79.9. The van der Waals surface area contributed by atoms with Gasteiger partial charge in [-0.3, -0.25) is 0 Å². The quantitative estimate of drug-likeness (QED) is 0.741. The SMILES string of the molecule is Brc1ccc2oc(C3CCCCC3)nc2n1. The highest BCUT2D eigenvalue weighted by Gasteiger charge is 2.21. The Balaban J connectivity index is 1.97. The van der Waals surface area contributed by atoms with E-state index in [2.05, 4.69) is 25.9 Å². The van der Waals surface area contributed by atoms with Gasteiger partial charge in [0.1, 0.15) is 4.60 Å². The molecule has 0 aliphatic heterocycles. The van der Waals surface area contributed by atoms with Crippen LogP contribution in [0.5, 0.6) is 0 Å². The fourth-order valence-corrected chi connectivity index (χ4v) is 2.64. The van der Waals surface area contributed by atoms with Crippen LogP contribution in [0.2, 0.25) is 0 Å². The van der Waals surface area contributed by atoms with E-state index in [1.165, 1.54) is 32.1 Å². The van der Waals surface area contributed by atoms with Crippen LogP contribution < -0.4 is 0 Å². The standard InChI is InChI=1S/C12H13BrN2O/c13-10-7-6-9-11(14-10)15-12(16-9)8-4-2-1-3-5-8/h6-8H,1-5H2. The molecule has 2 aromatic heterocycles. The monoisotopic (exact) mass is 280 g/mol. The van der Waals surface area contributed by atoms with Gasteiger partial charge in [-0.05, 0) is 40.9 Å². The number of rotatable bonds is 1. The van der Waals surface area contributed by atoms with E-state index in [0.29, 0.717) is 5.92 Å². The number of aromatic nitrogens is 2. The first-order valence-electron chi connectivity index (χ1n) is 5.76. The van der Waals surface area contributed by atoms with Crippen molar-refractivity contribution in [3.05, 3.63) is 22.6 Å². The largest absolute Gasteiger partial charge is 0.439 e. The van der Waals surface area contributed by atoms with E-state index < -0.39 is 0 Å². The van der Waals surface area contributed by atoms with Crippen molar-refractivity contribution < 1.29 is 4.42 Å². The third-order valence-corrected chi connectivity index (χ3v) is 3.63. The van der Waals surface area contributed by atoms with Crippen molar-refractivity contribution in [1.82, 2.24) is 9.97 Å². The molecule has 1 aliphatic rings. The minimum Gasteiger partial charge on any atom is -0.439 e. The third kappa shape index (κ3) is 1.86. The molecule has 0 N–H and O–H groups in total. The summed E-state index contributed by atoms with van der Waals surface area (Å²) in [6.07, 6.45) is 6.34. The van der Waals surface area contributed by atoms with Crippen LogP contribution in [0.1, 0.15) is 43.9 Å². The van der Waals surface area contributed by atoms with Gasteiger partial charge in [-0.25, -0.2) is 4.98 Å². The van der Waals surface area contributed by atoms with Gasteiger partial charge in [-0.1, -0.05) is 19.3 Å². The molecule has 0 amide bonds. The molecule has 4 heteroatoms. The first kappa shape index (κ1) is 10.3. The Morgan fingerprint density at radius 3 is 2.75 bits per heavy atom. The van der Waals surface area contributed by atoms with E-state index in [1.54, 1.807) is 0 Å². The van der Waals surface area contributed by atoms with Crippen molar-refractivity contribution in [3.8, 4) is 0 Å². The van der Waals surface area contributed by atoms with Crippen LogP contribution in [0.15, 0.2) is 21.2 Å². The molecule has 3 rings (SSSR count). The second kappa shape index (κ2) is 4.17. The van der Waals surface area contributed by atoms with Crippen molar-refractivity contribution >= 4 is 27.2 Å². The lowest BCUT2D eigenvalue weighted by Crippen LogP contribution is -2.04. The zero-order chi connectivity index (χ0) is 11.0. The molecule has 0 saturated heterocycles. The summed E-state index contributed by atoms with van der Waals surface area (Å²) in [6, 6.07) is 3.81. The molecule has 1 fully saturated rings. The van der Waals surface area contributed by atoms with E-state index in [1.807, 2.05) is 12.1 Å². The summed E-state index contributed by atoms with van der Waals surface area (Å²) in [5, 5.41) is 0. The fraction of sp³-hybridized carbons (Fsp3) is 0.500. The normalized spacial score (nSPS) is 18.1. The number of hydrogen-bond acceptors (Lipinski definition) is 3. The summed E-state index contributed by atoms with van der Waals surface area (Å²) < 4.78 is 6.58. The molecule has 0 radical (unpaired) electrons. The molecule has 3 nitrogen and oxygen atoms in total. The Hall–Kier alpha value is -0.900. The van der Waals surface area contributed by atoms with Gasteiger partial charge < -0.3 is 4.42 Å². The average molecular weight is 281 g/mol. The first-order chi connectivity index (χ1) is 7.83. The number of halogens is 1. The van der Waals surface area contributed by atoms with E-state index >= 15 is 0 Å². The molecule has 0 atom stereocenters. The van der Waals surface area contributed by atoms with Crippen molar-refractivity contribution in [2.24, 2.45) is 0 Å². The molecular weight excluding hydrogens is 268 g/mol. The summed E-state index contributed by atoms with van der Waals surface area (Å²) in [6.45, 7) is 0. The van der Waals surface area contributed by atoms with Gasteiger partial charge in [0.25, 0.3) is 0 Å². The van der Waals surface area contributed by atoms with Gasteiger partial charge in [-0.15, -0.1) is 0 Å². The summed E-state index contributed by atoms with van der Waals surface area (Å²) in [4.78, 5) is 8.79. The van der Waals surface area contributed by atoms with Crippen LogP contribution in [0.25, 0.3) is 11.2 Å². The van der Waals surface area contributed by atoms with Crippen molar-refractivity contribution in [2.45, 2.75) is 38.0 Å². The number of pyridine rings is 1. The van der Waals surface area contributed by atoms with Crippen LogP contribution >= 0.6 is 15.9 Å². The summed E-state index contributed by atoms with van der Waals surface area (Å²) in [7, 11) is 0. The molecule has 1 aliphatic carbocycles. The van der Waals surface area contributed by atoms with Crippen molar-refractivity contribution in [3.63, 3.8) is 0 Å². The van der Waals surface area contributed by atoms with E-state index in [4.69, 9.17) is 4.42 Å². The van der Waals surface area contributed by atoms with Gasteiger partial charge in [0.05, 0.1) is 0 Å². The molecular formula is C12H13BrN2O. The van der Waals surface area contributed by atoms with Crippen LogP contribution in [0.3, 0.4) is 0 Å². The van der Waals surface area contributed by atoms with Crippen LogP contribution in [-0.2, 0) is 0 Å². The Morgan fingerprint density at radius 2 is 1.94 bits per heavy atom. The second-order valence-corrected chi connectivity index (χ2v) is 5.16. The molecule has 0 spiro atoms. The zero-order valence-electron chi connectivity index (χ0n) is 8.95. The highest BCUT2D eigenvalue weighted by Crippen LogP contribution is 2.33. The molecule has 16 heavy (non-hydrogen) atoms. The van der Waals surface area contributed by atoms with Gasteiger partial charge in [-0.2, -0.15) is 4.98 Å². The number of oxazole rings is 1. The smallest absolute Gasteiger partial charge is 0.200 e. The predicted molar refractivity (Wildman–Crippen MR) is 65.3 cm³/mol. The maximum atomic E-state index is 5.77. The van der Waals surface area contributed by atoms with Gasteiger partial charge in [0.15, 0.2) is 17.1 Å². The summed E-state index contributed by atoms with van der Waals surface area (Å²) >= 11 is 3.34. The summed E-state index contributed by atoms with van der Waals surface area (Å²) in [5.74, 6) is 1.38. The van der Waals surface area contributed by atoms with Gasteiger partial charge in [0, 0.05) is 5.92 Å². The van der Waals surface area contributed by atoms with Crippen LogP contribution in [-0.4, -0.2) is 9.97 Å². The van der Waals surface area contributed by atoms with E-state index in [-0.39, 0.29) is 0 Å². The number of hydrogen-bond donors (Lipinski definition) is 0.